The molecule has 0 spiro atoms. The largest absolute Gasteiger partial charge is 0.458 e. The number of carbonyl (C=O) groups is 3. The molecule has 1 fully saturated rings. The molecule has 0 aliphatic carbocycles. The molecular formula is C28H48N2O12. The highest BCUT2D eigenvalue weighted by Crippen LogP contribution is 2.17. The van der Waals surface area contributed by atoms with Crippen molar-refractivity contribution in [3.05, 3.63) is 24.3 Å². The third-order valence-electron chi connectivity index (χ3n) is 6.60. The van der Waals surface area contributed by atoms with Gasteiger partial charge in [0.1, 0.15) is 48.8 Å². The molecule has 0 saturated carbocycles. The lowest BCUT2D eigenvalue weighted by atomic mass is 10.00. The lowest BCUT2D eigenvalue weighted by Gasteiger charge is -2.28. The second-order valence-corrected chi connectivity index (χ2v) is 11.0. The molecule has 1 aliphatic heterocycles. The van der Waals surface area contributed by atoms with Crippen molar-refractivity contribution in [2.45, 2.75) is 102 Å². The van der Waals surface area contributed by atoms with Crippen LogP contribution < -0.4 is 10.6 Å². The number of ether oxygens (including phenoxy) is 3. The van der Waals surface area contributed by atoms with Gasteiger partial charge in [0, 0.05) is 14.2 Å². The Balaban J connectivity index is 2.81. The topological polar surface area (TPSA) is 224 Å². The van der Waals surface area contributed by atoms with Gasteiger partial charge in [-0.25, -0.2) is 4.79 Å². The van der Waals surface area contributed by atoms with E-state index in [1.807, 2.05) is 27.7 Å². The molecule has 0 aromatic rings. The molecule has 1 rings (SSSR count). The summed E-state index contributed by atoms with van der Waals surface area (Å²) in [5, 5.41) is 66.7. The van der Waals surface area contributed by atoms with Gasteiger partial charge in [-0.3, -0.25) is 9.59 Å². The Hall–Kier alpha value is -2.43. The highest BCUT2D eigenvalue weighted by molar-refractivity contribution is 5.90. The fourth-order valence-electron chi connectivity index (χ4n) is 4.09. The highest BCUT2D eigenvalue weighted by Gasteiger charge is 2.39. The standard InChI is InChI=1S/C28H48N2O12/c1-14(2)7-11-18(31)20(33)22(35)24(40-5)27(38)30-17-10-9-16(13-29-26(17)37)42-28(39)25(41-6)23(36)21(34)19(32)12-8-15(3)4/h7-8,11-12,14-25,31-36H,9-10,13H2,1-6H3,(H,29,37)(H,30,38)/b11-7+,12-8+. The quantitative estimate of drug-likeness (QED) is 0.0702. The number of aliphatic hydroxyl groups excluding tert-OH is 6. The molecule has 14 nitrogen and oxygen atoms in total. The number of amides is 2. The minimum absolute atomic E-state index is 0.00585. The van der Waals surface area contributed by atoms with Crippen molar-refractivity contribution in [3.63, 3.8) is 0 Å². The maximum Gasteiger partial charge on any atom is 0.338 e. The first-order valence-corrected chi connectivity index (χ1v) is 13.9. The van der Waals surface area contributed by atoms with Gasteiger partial charge in [0.05, 0.1) is 6.54 Å². The molecular weight excluding hydrogens is 556 g/mol. The molecule has 0 radical (unpaired) electrons. The van der Waals surface area contributed by atoms with Gasteiger partial charge < -0.3 is 55.5 Å². The molecule has 0 bridgehead atoms. The summed E-state index contributed by atoms with van der Waals surface area (Å²) in [4.78, 5) is 38.2. The van der Waals surface area contributed by atoms with Gasteiger partial charge >= 0.3 is 5.97 Å². The van der Waals surface area contributed by atoms with E-state index in [0.717, 1.165) is 14.2 Å². The Morgan fingerprint density at radius 1 is 0.786 bits per heavy atom. The minimum atomic E-state index is -1.83. The summed E-state index contributed by atoms with van der Waals surface area (Å²) in [6.07, 6.45) is -8.31. The smallest absolute Gasteiger partial charge is 0.338 e. The Bertz CT molecular complexity index is 911. The molecule has 0 aromatic carbocycles. The number of hydrogen-bond acceptors (Lipinski definition) is 12. The van der Waals surface area contributed by atoms with E-state index in [1.165, 1.54) is 12.2 Å². The van der Waals surface area contributed by atoms with Crippen LogP contribution in [-0.4, -0.2) is 130 Å². The van der Waals surface area contributed by atoms with Crippen LogP contribution in [0.15, 0.2) is 24.3 Å². The number of aliphatic hydroxyl groups is 6. The van der Waals surface area contributed by atoms with E-state index in [2.05, 4.69) is 10.6 Å². The predicted octanol–water partition coefficient (Wildman–Crippen LogP) is -2.09. The van der Waals surface area contributed by atoms with Crippen molar-refractivity contribution in [1.82, 2.24) is 10.6 Å². The average molecular weight is 605 g/mol. The Morgan fingerprint density at radius 3 is 1.71 bits per heavy atom. The maximum atomic E-state index is 12.8. The molecule has 42 heavy (non-hydrogen) atoms. The number of hydrogen-bond donors (Lipinski definition) is 8. The maximum absolute atomic E-state index is 12.8. The van der Waals surface area contributed by atoms with Gasteiger partial charge in [0.25, 0.3) is 5.91 Å². The van der Waals surface area contributed by atoms with E-state index >= 15 is 0 Å². The van der Waals surface area contributed by atoms with E-state index in [4.69, 9.17) is 14.2 Å². The first-order valence-electron chi connectivity index (χ1n) is 13.9. The van der Waals surface area contributed by atoms with E-state index < -0.39 is 78.8 Å². The lowest BCUT2D eigenvalue weighted by Crippen LogP contribution is -2.55. The Labute approximate surface area is 246 Å². The van der Waals surface area contributed by atoms with Gasteiger partial charge in [-0.05, 0) is 24.7 Å². The number of carbonyl (C=O) groups excluding carboxylic acids is 3. The number of rotatable bonds is 16. The molecule has 10 atom stereocenters. The zero-order valence-corrected chi connectivity index (χ0v) is 25.0. The molecule has 0 aromatic heterocycles. The van der Waals surface area contributed by atoms with Gasteiger partial charge in [-0.15, -0.1) is 0 Å². The van der Waals surface area contributed by atoms with Crippen LogP contribution in [0, 0.1) is 11.8 Å². The first-order chi connectivity index (χ1) is 19.6. The van der Waals surface area contributed by atoms with Crippen LogP contribution in [-0.2, 0) is 28.6 Å². The van der Waals surface area contributed by atoms with Crippen LogP contribution in [0.4, 0.5) is 0 Å². The zero-order valence-electron chi connectivity index (χ0n) is 25.0. The summed E-state index contributed by atoms with van der Waals surface area (Å²) in [6.45, 7) is 7.28. The van der Waals surface area contributed by atoms with Crippen LogP contribution in [0.5, 0.6) is 0 Å². The van der Waals surface area contributed by atoms with Crippen molar-refractivity contribution < 1.29 is 59.2 Å². The Morgan fingerprint density at radius 2 is 1.26 bits per heavy atom. The summed E-state index contributed by atoms with van der Waals surface area (Å²) in [5.41, 5.74) is 0. The molecule has 2 amide bonds. The lowest BCUT2D eigenvalue weighted by molar-refractivity contribution is -0.176. The average Bonchev–Trinajstić information content (AvgIpc) is 3.10. The third-order valence-corrected chi connectivity index (χ3v) is 6.60. The van der Waals surface area contributed by atoms with Gasteiger partial charge in [0.15, 0.2) is 12.2 Å². The molecule has 1 aliphatic rings. The number of nitrogens with one attached hydrogen (secondary N) is 2. The van der Waals surface area contributed by atoms with Crippen molar-refractivity contribution in [3.8, 4) is 0 Å². The van der Waals surface area contributed by atoms with Gasteiger partial charge in [-0.1, -0.05) is 52.0 Å². The van der Waals surface area contributed by atoms with E-state index in [-0.39, 0.29) is 31.2 Å². The van der Waals surface area contributed by atoms with Crippen molar-refractivity contribution in [1.29, 1.82) is 0 Å². The minimum Gasteiger partial charge on any atom is -0.458 e. The van der Waals surface area contributed by atoms with Crippen molar-refractivity contribution >= 4 is 17.8 Å². The molecule has 242 valence electrons. The fourth-order valence-corrected chi connectivity index (χ4v) is 4.09. The van der Waals surface area contributed by atoms with E-state index in [0.29, 0.717) is 0 Å². The van der Waals surface area contributed by atoms with Crippen LogP contribution in [0.25, 0.3) is 0 Å². The molecule has 1 saturated heterocycles. The molecule has 14 heteroatoms. The van der Waals surface area contributed by atoms with Gasteiger partial charge in [0.2, 0.25) is 5.91 Å². The van der Waals surface area contributed by atoms with Crippen LogP contribution in [0.3, 0.4) is 0 Å². The molecule has 8 N–H and O–H groups in total. The number of esters is 1. The van der Waals surface area contributed by atoms with Crippen LogP contribution in [0.2, 0.25) is 0 Å². The second kappa shape index (κ2) is 18.3. The molecule has 1 heterocycles. The summed E-state index contributed by atoms with van der Waals surface area (Å²) >= 11 is 0. The van der Waals surface area contributed by atoms with E-state index in [1.54, 1.807) is 12.2 Å². The SMILES string of the molecule is COC(C(=O)NC1CCC(OC(=O)C(OC)C(O)C(O)C(O)/C=C/C(C)C)CNC1=O)C(O)C(O)C(O)/C=C/C(C)C. The first kappa shape index (κ1) is 37.6. The zero-order chi connectivity index (χ0) is 32.1. The van der Waals surface area contributed by atoms with E-state index in [9.17, 15) is 45.0 Å². The third kappa shape index (κ3) is 11.7. The monoisotopic (exact) mass is 604 g/mol. The van der Waals surface area contributed by atoms with Gasteiger partial charge in [-0.2, -0.15) is 0 Å². The van der Waals surface area contributed by atoms with Crippen molar-refractivity contribution in [2.24, 2.45) is 11.8 Å². The van der Waals surface area contributed by atoms with Crippen LogP contribution >= 0.6 is 0 Å². The van der Waals surface area contributed by atoms with Crippen molar-refractivity contribution in [2.75, 3.05) is 20.8 Å². The normalized spacial score (nSPS) is 24.0. The molecule has 10 unspecified atom stereocenters. The number of allylic oxidation sites excluding steroid dienone is 2. The highest BCUT2D eigenvalue weighted by atomic mass is 16.6. The summed E-state index contributed by atoms with van der Waals surface area (Å²) in [7, 11) is 2.24. The Kier molecular flexibility index (Phi) is 16.4. The fraction of sp³-hybridized carbons (Fsp3) is 0.750. The number of methoxy groups -OCH3 is 2. The summed E-state index contributed by atoms with van der Waals surface area (Å²) < 4.78 is 15.4. The van der Waals surface area contributed by atoms with Crippen LogP contribution in [0.1, 0.15) is 40.5 Å². The summed E-state index contributed by atoms with van der Waals surface area (Å²) in [5.74, 6) is -2.41. The summed E-state index contributed by atoms with van der Waals surface area (Å²) in [6, 6.07) is -1.11. The predicted molar refractivity (Wildman–Crippen MR) is 150 cm³/mol. The second-order valence-electron chi connectivity index (χ2n) is 11.0.